The Balaban J connectivity index is 2.14. The molecule has 24 heavy (non-hydrogen) atoms. The highest BCUT2D eigenvalue weighted by molar-refractivity contribution is 5.97. The second-order valence-corrected chi connectivity index (χ2v) is 6.48. The first-order valence-corrected chi connectivity index (χ1v) is 8.06. The van der Waals surface area contributed by atoms with E-state index in [2.05, 4.69) is 19.2 Å². The topological polar surface area (TPSA) is 72.2 Å². The molecule has 0 heterocycles. The van der Waals surface area contributed by atoms with Crippen molar-refractivity contribution in [3.63, 3.8) is 0 Å². The highest BCUT2D eigenvalue weighted by Gasteiger charge is 2.32. The van der Waals surface area contributed by atoms with Crippen LogP contribution >= 0.6 is 0 Å². The fourth-order valence-corrected chi connectivity index (χ4v) is 2.79. The van der Waals surface area contributed by atoms with Crippen LogP contribution in [-0.2, 0) is 10.2 Å². The Kier molecular flexibility index (Phi) is 5.88. The standard InChI is InChI=1S/C20H24N2O2/c1-20(2,16-11-7-4-8-12-16)18(13-19(21)24)22-14-17(23)15-9-5-3-6-10-15/h3-12,18,22H,13-14H2,1-2H3,(H2,21,24)/t18-/m1/s1. The normalized spacial score (nSPS) is 12.6. The summed E-state index contributed by atoms with van der Waals surface area (Å²) in [6, 6.07) is 18.8. The van der Waals surface area contributed by atoms with Crippen molar-refractivity contribution < 1.29 is 9.59 Å². The van der Waals surface area contributed by atoms with Crippen LogP contribution in [0, 0.1) is 0 Å². The first-order chi connectivity index (χ1) is 11.4. The van der Waals surface area contributed by atoms with E-state index in [4.69, 9.17) is 5.73 Å². The van der Waals surface area contributed by atoms with Gasteiger partial charge in [0.05, 0.1) is 6.54 Å². The summed E-state index contributed by atoms with van der Waals surface area (Å²) in [7, 11) is 0. The summed E-state index contributed by atoms with van der Waals surface area (Å²) in [6.07, 6.45) is 0.171. The van der Waals surface area contributed by atoms with Crippen LogP contribution in [0.15, 0.2) is 60.7 Å². The van der Waals surface area contributed by atoms with Gasteiger partial charge in [-0.05, 0) is 5.56 Å². The van der Waals surface area contributed by atoms with Gasteiger partial charge in [0.2, 0.25) is 5.91 Å². The van der Waals surface area contributed by atoms with Crippen molar-refractivity contribution in [3.05, 3.63) is 71.8 Å². The molecule has 0 aromatic heterocycles. The molecule has 0 radical (unpaired) electrons. The Bertz CT molecular complexity index is 681. The van der Waals surface area contributed by atoms with Crippen molar-refractivity contribution >= 4 is 11.7 Å². The molecule has 2 rings (SSSR count). The molecule has 4 heteroatoms. The van der Waals surface area contributed by atoms with Crippen molar-refractivity contribution in [3.8, 4) is 0 Å². The quantitative estimate of drug-likeness (QED) is 0.733. The molecule has 126 valence electrons. The summed E-state index contributed by atoms with van der Waals surface area (Å²) in [6.45, 7) is 4.27. The first-order valence-electron chi connectivity index (χ1n) is 8.06. The number of carbonyl (C=O) groups excluding carboxylic acids is 2. The van der Waals surface area contributed by atoms with Crippen LogP contribution in [0.1, 0.15) is 36.2 Å². The molecule has 0 saturated carbocycles. The molecule has 0 aliphatic heterocycles. The van der Waals surface area contributed by atoms with E-state index in [0.717, 1.165) is 5.56 Å². The van der Waals surface area contributed by atoms with Crippen molar-refractivity contribution in [1.82, 2.24) is 5.32 Å². The third-order valence-corrected chi connectivity index (χ3v) is 4.40. The van der Waals surface area contributed by atoms with E-state index in [9.17, 15) is 9.59 Å². The zero-order valence-electron chi connectivity index (χ0n) is 14.2. The van der Waals surface area contributed by atoms with E-state index in [1.807, 2.05) is 48.5 Å². The van der Waals surface area contributed by atoms with Gasteiger partial charge in [0.25, 0.3) is 0 Å². The van der Waals surface area contributed by atoms with Crippen molar-refractivity contribution in [1.29, 1.82) is 0 Å². The lowest BCUT2D eigenvalue weighted by Gasteiger charge is -2.35. The highest BCUT2D eigenvalue weighted by Crippen LogP contribution is 2.28. The van der Waals surface area contributed by atoms with Gasteiger partial charge in [-0.2, -0.15) is 0 Å². The smallest absolute Gasteiger partial charge is 0.219 e. The number of amides is 1. The molecule has 0 unspecified atom stereocenters. The third-order valence-electron chi connectivity index (χ3n) is 4.40. The second kappa shape index (κ2) is 7.88. The van der Waals surface area contributed by atoms with Crippen LogP contribution < -0.4 is 11.1 Å². The monoisotopic (exact) mass is 324 g/mol. The second-order valence-electron chi connectivity index (χ2n) is 6.48. The number of nitrogens with one attached hydrogen (secondary N) is 1. The average molecular weight is 324 g/mol. The van der Waals surface area contributed by atoms with Gasteiger partial charge in [0.1, 0.15) is 0 Å². The Labute approximate surface area is 143 Å². The molecule has 0 spiro atoms. The predicted molar refractivity (Wildman–Crippen MR) is 95.8 cm³/mol. The molecule has 0 aliphatic carbocycles. The molecule has 0 bridgehead atoms. The Morgan fingerprint density at radius 3 is 2.08 bits per heavy atom. The number of benzene rings is 2. The number of primary amides is 1. The molecular formula is C20H24N2O2. The Morgan fingerprint density at radius 2 is 1.54 bits per heavy atom. The fraction of sp³-hybridized carbons (Fsp3) is 0.300. The number of ketones is 1. The molecule has 1 atom stereocenters. The highest BCUT2D eigenvalue weighted by atomic mass is 16.1. The predicted octanol–water partition coefficient (Wildman–Crippen LogP) is 2.68. The minimum absolute atomic E-state index is 0.00562. The fourth-order valence-electron chi connectivity index (χ4n) is 2.79. The van der Waals surface area contributed by atoms with Crippen LogP contribution in [0.3, 0.4) is 0 Å². The summed E-state index contributed by atoms with van der Waals surface area (Å²) in [5, 5.41) is 3.24. The number of hydrogen-bond acceptors (Lipinski definition) is 3. The molecule has 1 amide bonds. The first kappa shape index (κ1) is 17.9. The van der Waals surface area contributed by atoms with Crippen LogP contribution in [0.5, 0.6) is 0 Å². The molecule has 0 fully saturated rings. The summed E-state index contributed by atoms with van der Waals surface area (Å²) < 4.78 is 0. The maximum Gasteiger partial charge on any atom is 0.219 e. The number of hydrogen-bond donors (Lipinski definition) is 2. The van der Waals surface area contributed by atoms with E-state index in [1.54, 1.807) is 12.1 Å². The zero-order valence-corrected chi connectivity index (χ0v) is 14.2. The molecule has 0 aliphatic rings. The molecule has 2 aromatic carbocycles. The molecule has 3 N–H and O–H groups in total. The minimum atomic E-state index is -0.385. The van der Waals surface area contributed by atoms with E-state index in [0.29, 0.717) is 5.56 Å². The lowest BCUT2D eigenvalue weighted by Crippen LogP contribution is -2.48. The van der Waals surface area contributed by atoms with Crippen molar-refractivity contribution in [2.45, 2.75) is 31.7 Å². The maximum atomic E-state index is 12.3. The molecular weight excluding hydrogens is 300 g/mol. The van der Waals surface area contributed by atoms with Crippen LogP contribution in [0.4, 0.5) is 0 Å². The molecule has 4 nitrogen and oxygen atoms in total. The largest absolute Gasteiger partial charge is 0.370 e. The molecule has 2 aromatic rings. The summed E-state index contributed by atoms with van der Waals surface area (Å²) in [5.74, 6) is -0.391. The number of carbonyl (C=O) groups is 2. The van der Waals surface area contributed by atoms with Gasteiger partial charge in [-0.3, -0.25) is 9.59 Å². The SMILES string of the molecule is CC(C)(c1ccccc1)[C@@H](CC(N)=O)NCC(=O)c1ccccc1. The van der Waals surface area contributed by atoms with Gasteiger partial charge in [0.15, 0.2) is 5.78 Å². The van der Waals surface area contributed by atoms with Crippen LogP contribution in [-0.4, -0.2) is 24.3 Å². The average Bonchev–Trinajstić information content (AvgIpc) is 2.59. The molecule has 0 saturated heterocycles. The Morgan fingerprint density at radius 1 is 1.00 bits per heavy atom. The van der Waals surface area contributed by atoms with Gasteiger partial charge in [-0.25, -0.2) is 0 Å². The number of nitrogens with two attached hydrogens (primary N) is 1. The van der Waals surface area contributed by atoms with Crippen LogP contribution in [0.2, 0.25) is 0 Å². The van der Waals surface area contributed by atoms with E-state index in [-0.39, 0.29) is 36.1 Å². The van der Waals surface area contributed by atoms with E-state index in [1.165, 1.54) is 0 Å². The maximum absolute atomic E-state index is 12.3. The van der Waals surface area contributed by atoms with Crippen LogP contribution in [0.25, 0.3) is 0 Å². The van der Waals surface area contributed by atoms with E-state index >= 15 is 0 Å². The van der Waals surface area contributed by atoms with E-state index < -0.39 is 0 Å². The lowest BCUT2D eigenvalue weighted by atomic mass is 9.76. The van der Waals surface area contributed by atoms with Gasteiger partial charge < -0.3 is 11.1 Å². The summed E-state index contributed by atoms with van der Waals surface area (Å²) >= 11 is 0. The third kappa shape index (κ3) is 4.52. The minimum Gasteiger partial charge on any atom is -0.370 e. The van der Waals surface area contributed by atoms with Gasteiger partial charge in [-0.15, -0.1) is 0 Å². The zero-order chi connectivity index (χ0) is 17.6. The summed E-state index contributed by atoms with van der Waals surface area (Å²) in [4.78, 5) is 23.8. The van der Waals surface area contributed by atoms with Crippen molar-refractivity contribution in [2.75, 3.05) is 6.54 Å². The number of rotatable bonds is 8. The van der Waals surface area contributed by atoms with Crippen molar-refractivity contribution in [2.24, 2.45) is 5.73 Å². The Hall–Kier alpha value is -2.46. The van der Waals surface area contributed by atoms with Gasteiger partial charge >= 0.3 is 0 Å². The lowest BCUT2D eigenvalue weighted by molar-refractivity contribution is -0.118. The van der Waals surface area contributed by atoms with Gasteiger partial charge in [-0.1, -0.05) is 74.5 Å². The summed E-state index contributed by atoms with van der Waals surface area (Å²) in [5.41, 5.74) is 6.83. The van der Waals surface area contributed by atoms with Gasteiger partial charge in [0, 0.05) is 23.4 Å². The number of Topliss-reactive ketones (excluding diaryl/α,β-unsaturated/α-hetero) is 1.